The first-order valence-corrected chi connectivity index (χ1v) is 7.76. The summed E-state index contributed by atoms with van der Waals surface area (Å²) in [5.41, 5.74) is 3.32. The monoisotopic (exact) mass is 329 g/mol. The van der Waals surface area contributed by atoms with Crippen molar-refractivity contribution in [3.63, 3.8) is 0 Å². The van der Waals surface area contributed by atoms with Gasteiger partial charge >= 0.3 is 0 Å². The minimum Gasteiger partial charge on any atom is -0.289 e. The Hall–Kier alpha value is -3.53. The van der Waals surface area contributed by atoms with Crippen LogP contribution in [0.15, 0.2) is 84.9 Å². The molecule has 0 amide bonds. The van der Waals surface area contributed by atoms with Gasteiger partial charge in [0.15, 0.2) is 5.78 Å². The molecule has 0 aliphatic heterocycles. The van der Waals surface area contributed by atoms with Crippen LogP contribution in [0.3, 0.4) is 0 Å². The van der Waals surface area contributed by atoms with E-state index in [1.807, 2.05) is 54.6 Å². The number of hydrogen-bond acceptors (Lipinski definition) is 3. The van der Waals surface area contributed by atoms with Crippen molar-refractivity contribution < 1.29 is 9.72 Å². The lowest BCUT2D eigenvalue weighted by atomic mass is 10.0. The molecule has 0 fully saturated rings. The van der Waals surface area contributed by atoms with E-state index in [0.717, 1.165) is 16.7 Å². The van der Waals surface area contributed by atoms with Gasteiger partial charge in [-0.3, -0.25) is 14.9 Å². The first-order chi connectivity index (χ1) is 12.1. The Labute approximate surface area is 145 Å². The van der Waals surface area contributed by atoms with E-state index >= 15 is 0 Å². The van der Waals surface area contributed by atoms with Crippen molar-refractivity contribution in [3.8, 4) is 11.1 Å². The summed E-state index contributed by atoms with van der Waals surface area (Å²) >= 11 is 0. The zero-order chi connectivity index (χ0) is 17.6. The second-order valence-electron chi connectivity index (χ2n) is 5.49. The highest BCUT2D eigenvalue weighted by molar-refractivity contribution is 6.07. The Balaban J connectivity index is 1.74. The number of nitro groups is 1. The van der Waals surface area contributed by atoms with E-state index in [1.165, 1.54) is 24.3 Å². The number of carbonyl (C=O) groups is 1. The molecule has 4 heteroatoms. The Kier molecular flexibility index (Phi) is 4.81. The number of hydrogen-bond donors (Lipinski definition) is 0. The predicted octanol–water partition coefficient (Wildman–Crippen LogP) is 5.16. The fraction of sp³-hybridized carbons (Fsp3) is 0. The molecule has 0 aliphatic carbocycles. The third-order valence-corrected chi connectivity index (χ3v) is 3.79. The van der Waals surface area contributed by atoms with E-state index < -0.39 is 4.92 Å². The van der Waals surface area contributed by atoms with Crippen molar-refractivity contribution in [2.75, 3.05) is 0 Å². The molecule has 0 saturated heterocycles. The van der Waals surface area contributed by atoms with Crippen LogP contribution in [0.1, 0.15) is 15.9 Å². The molecule has 0 aliphatic rings. The molecular weight excluding hydrogens is 314 g/mol. The molecule has 25 heavy (non-hydrogen) atoms. The van der Waals surface area contributed by atoms with Crippen LogP contribution in [-0.4, -0.2) is 10.7 Å². The molecule has 0 aromatic heterocycles. The lowest BCUT2D eigenvalue weighted by Crippen LogP contribution is -1.96. The average Bonchev–Trinajstić information content (AvgIpc) is 2.67. The molecule has 0 bridgehead atoms. The maximum absolute atomic E-state index is 12.2. The van der Waals surface area contributed by atoms with Crippen LogP contribution in [0, 0.1) is 10.1 Å². The summed E-state index contributed by atoms with van der Waals surface area (Å²) in [6, 6.07) is 23.6. The summed E-state index contributed by atoms with van der Waals surface area (Å²) in [5, 5.41) is 10.8. The second kappa shape index (κ2) is 7.36. The largest absolute Gasteiger partial charge is 0.289 e. The number of nitro benzene ring substituents is 1. The van der Waals surface area contributed by atoms with Crippen LogP contribution in [0.2, 0.25) is 0 Å². The molecule has 3 rings (SSSR count). The summed E-state index contributed by atoms with van der Waals surface area (Å²) in [7, 11) is 0. The number of benzene rings is 3. The SMILES string of the molecule is O=C(/C=C/c1ccc(-c2ccccc2)cc1)c1cccc([N+](=O)[O-])c1. The fourth-order valence-corrected chi connectivity index (χ4v) is 2.46. The maximum Gasteiger partial charge on any atom is 0.270 e. The van der Waals surface area contributed by atoms with Crippen LogP contribution in [0.5, 0.6) is 0 Å². The van der Waals surface area contributed by atoms with Gasteiger partial charge in [-0.25, -0.2) is 0 Å². The van der Waals surface area contributed by atoms with Crippen molar-refractivity contribution >= 4 is 17.5 Å². The minimum atomic E-state index is -0.511. The smallest absolute Gasteiger partial charge is 0.270 e. The zero-order valence-corrected chi connectivity index (χ0v) is 13.3. The van der Waals surface area contributed by atoms with E-state index in [2.05, 4.69) is 0 Å². The molecule has 122 valence electrons. The molecule has 0 atom stereocenters. The average molecular weight is 329 g/mol. The van der Waals surface area contributed by atoms with Gasteiger partial charge in [-0.15, -0.1) is 0 Å². The summed E-state index contributed by atoms with van der Waals surface area (Å²) in [5.74, 6) is -0.268. The first kappa shape index (κ1) is 16.3. The molecule has 3 aromatic rings. The number of non-ortho nitro benzene ring substituents is 1. The number of carbonyl (C=O) groups excluding carboxylic acids is 1. The van der Waals surface area contributed by atoms with Gasteiger partial charge in [0.25, 0.3) is 5.69 Å². The first-order valence-electron chi connectivity index (χ1n) is 7.76. The van der Waals surface area contributed by atoms with Gasteiger partial charge in [0, 0.05) is 17.7 Å². The number of ketones is 1. The van der Waals surface area contributed by atoms with Gasteiger partial charge in [0.1, 0.15) is 0 Å². The molecule has 0 saturated carbocycles. The molecular formula is C21H15NO3. The minimum absolute atomic E-state index is 0.0912. The van der Waals surface area contributed by atoms with Crippen LogP contribution in [0.4, 0.5) is 5.69 Å². The maximum atomic E-state index is 12.2. The summed E-state index contributed by atoms with van der Waals surface area (Å²) in [4.78, 5) is 22.4. The third kappa shape index (κ3) is 4.06. The van der Waals surface area contributed by atoms with E-state index in [9.17, 15) is 14.9 Å². The van der Waals surface area contributed by atoms with Gasteiger partial charge in [-0.05, 0) is 22.8 Å². The molecule has 0 radical (unpaired) electrons. The van der Waals surface area contributed by atoms with Crippen molar-refractivity contribution in [2.45, 2.75) is 0 Å². The van der Waals surface area contributed by atoms with Crippen LogP contribution in [0.25, 0.3) is 17.2 Å². The van der Waals surface area contributed by atoms with Crippen molar-refractivity contribution in [1.29, 1.82) is 0 Å². The summed E-state index contributed by atoms with van der Waals surface area (Å²) in [6.07, 6.45) is 3.13. The van der Waals surface area contributed by atoms with Gasteiger partial charge < -0.3 is 0 Å². The summed E-state index contributed by atoms with van der Waals surface area (Å²) in [6.45, 7) is 0. The van der Waals surface area contributed by atoms with Gasteiger partial charge in [0.05, 0.1) is 4.92 Å². The Bertz CT molecular complexity index is 929. The lowest BCUT2D eigenvalue weighted by molar-refractivity contribution is -0.384. The standard InChI is InChI=1S/C21H15NO3/c23-21(19-7-4-8-20(15-19)22(24)25)14-11-16-9-12-18(13-10-16)17-5-2-1-3-6-17/h1-15H/b14-11+. The third-order valence-electron chi connectivity index (χ3n) is 3.79. The van der Waals surface area contributed by atoms with Crippen LogP contribution in [-0.2, 0) is 0 Å². The van der Waals surface area contributed by atoms with Gasteiger partial charge in [0.2, 0.25) is 0 Å². The number of allylic oxidation sites excluding steroid dienone is 1. The van der Waals surface area contributed by atoms with Crippen molar-refractivity contribution in [1.82, 2.24) is 0 Å². The molecule has 4 nitrogen and oxygen atoms in total. The highest BCUT2D eigenvalue weighted by Crippen LogP contribution is 2.20. The predicted molar refractivity (Wildman–Crippen MR) is 98.3 cm³/mol. The van der Waals surface area contributed by atoms with E-state index in [0.29, 0.717) is 5.56 Å². The quantitative estimate of drug-likeness (QED) is 0.281. The zero-order valence-electron chi connectivity index (χ0n) is 13.3. The van der Waals surface area contributed by atoms with Gasteiger partial charge in [-0.1, -0.05) is 72.8 Å². The number of nitrogens with zero attached hydrogens (tertiary/aromatic N) is 1. The Morgan fingerprint density at radius 1 is 0.840 bits per heavy atom. The van der Waals surface area contributed by atoms with Crippen LogP contribution >= 0.6 is 0 Å². The van der Waals surface area contributed by atoms with E-state index in [-0.39, 0.29) is 11.5 Å². The molecule has 0 N–H and O–H groups in total. The Morgan fingerprint density at radius 2 is 1.52 bits per heavy atom. The van der Waals surface area contributed by atoms with E-state index in [4.69, 9.17) is 0 Å². The lowest BCUT2D eigenvalue weighted by Gasteiger charge is -2.02. The van der Waals surface area contributed by atoms with Gasteiger partial charge in [-0.2, -0.15) is 0 Å². The van der Waals surface area contributed by atoms with Crippen molar-refractivity contribution in [3.05, 3.63) is 106 Å². The fourth-order valence-electron chi connectivity index (χ4n) is 2.46. The topological polar surface area (TPSA) is 60.2 Å². The van der Waals surface area contributed by atoms with Crippen LogP contribution < -0.4 is 0 Å². The molecule has 0 spiro atoms. The molecule has 0 unspecified atom stereocenters. The molecule has 0 heterocycles. The highest BCUT2D eigenvalue weighted by Gasteiger charge is 2.09. The van der Waals surface area contributed by atoms with Crippen molar-refractivity contribution in [2.24, 2.45) is 0 Å². The summed E-state index contributed by atoms with van der Waals surface area (Å²) < 4.78 is 0. The second-order valence-corrected chi connectivity index (χ2v) is 5.49. The Morgan fingerprint density at radius 3 is 2.20 bits per heavy atom. The molecule has 3 aromatic carbocycles. The highest BCUT2D eigenvalue weighted by atomic mass is 16.6. The van der Waals surface area contributed by atoms with E-state index in [1.54, 1.807) is 12.1 Å². The number of rotatable bonds is 5. The normalized spacial score (nSPS) is 10.7.